The monoisotopic (exact) mass is 277 g/mol. The number of hydrogen-bond donors (Lipinski definition) is 1. The van der Waals surface area contributed by atoms with E-state index >= 15 is 0 Å². The summed E-state index contributed by atoms with van der Waals surface area (Å²) in [5.41, 5.74) is 1.87. The number of anilines is 1. The molecular weight excluding hydrogens is 258 g/mol. The summed E-state index contributed by atoms with van der Waals surface area (Å²) in [6, 6.07) is 0. The first-order chi connectivity index (χ1) is 9.58. The molecule has 3 rings (SSSR count). The van der Waals surface area contributed by atoms with Crippen molar-refractivity contribution in [3.05, 3.63) is 16.0 Å². The summed E-state index contributed by atoms with van der Waals surface area (Å²) < 4.78 is 8.68. The van der Waals surface area contributed by atoms with E-state index in [0.29, 0.717) is 23.5 Å². The van der Waals surface area contributed by atoms with Gasteiger partial charge in [-0.1, -0.05) is 0 Å². The Morgan fingerprint density at radius 2 is 2.25 bits per heavy atom. The Hall–Kier alpha value is -1.89. The van der Waals surface area contributed by atoms with Crippen LogP contribution in [0.4, 0.5) is 5.95 Å². The SMILES string of the molecule is Cc1nn(C)c2c(=O)n(C)c(NC[C@H]3CCCO3)nc12. The number of ether oxygens (including phenoxy) is 1. The van der Waals surface area contributed by atoms with E-state index in [2.05, 4.69) is 15.4 Å². The molecule has 108 valence electrons. The lowest BCUT2D eigenvalue weighted by Gasteiger charge is -2.13. The zero-order valence-electron chi connectivity index (χ0n) is 12.0. The Morgan fingerprint density at radius 1 is 1.45 bits per heavy atom. The summed E-state index contributed by atoms with van der Waals surface area (Å²) in [7, 11) is 3.48. The number of fused-ring (bicyclic) bond motifs is 1. The van der Waals surface area contributed by atoms with Crippen LogP contribution in [0, 0.1) is 6.92 Å². The van der Waals surface area contributed by atoms with Crippen molar-refractivity contribution in [3.63, 3.8) is 0 Å². The van der Waals surface area contributed by atoms with E-state index in [9.17, 15) is 4.79 Å². The van der Waals surface area contributed by atoms with Gasteiger partial charge in [0, 0.05) is 27.2 Å². The van der Waals surface area contributed by atoms with Crippen molar-refractivity contribution in [1.82, 2.24) is 19.3 Å². The van der Waals surface area contributed by atoms with E-state index in [1.165, 1.54) is 4.57 Å². The number of nitrogens with one attached hydrogen (secondary N) is 1. The van der Waals surface area contributed by atoms with Crippen LogP contribution in [0.15, 0.2) is 4.79 Å². The van der Waals surface area contributed by atoms with Gasteiger partial charge in [-0.25, -0.2) is 4.98 Å². The lowest BCUT2D eigenvalue weighted by Crippen LogP contribution is -2.27. The number of nitrogens with zero attached hydrogens (tertiary/aromatic N) is 4. The maximum atomic E-state index is 12.4. The largest absolute Gasteiger partial charge is 0.376 e. The molecule has 1 atom stereocenters. The molecule has 7 heteroatoms. The first-order valence-corrected chi connectivity index (χ1v) is 6.83. The summed E-state index contributed by atoms with van der Waals surface area (Å²) in [5.74, 6) is 0.564. The molecule has 1 N–H and O–H groups in total. The minimum absolute atomic E-state index is 0.0899. The fourth-order valence-electron chi connectivity index (χ4n) is 2.63. The molecule has 1 aliphatic heterocycles. The minimum Gasteiger partial charge on any atom is -0.376 e. The van der Waals surface area contributed by atoms with E-state index in [1.807, 2.05) is 6.92 Å². The topological polar surface area (TPSA) is 74.0 Å². The highest BCUT2D eigenvalue weighted by Gasteiger charge is 2.18. The third kappa shape index (κ3) is 2.07. The van der Waals surface area contributed by atoms with E-state index in [-0.39, 0.29) is 11.7 Å². The maximum absolute atomic E-state index is 12.4. The third-order valence-electron chi connectivity index (χ3n) is 3.75. The predicted molar refractivity (Wildman–Crippen MR) is 76.0 cm³/mol. The van der Waals surface area contributed by atoms with Gasteiger partial charge in [0.1, 0.15) is 5.52 Å². The molecule has 0 aromatic carbocycles. The molecule has 2 aromatic rings. The molecule has 1 fully saturated rings. The molecule has 0 amide bonds. The van der Waals surface area contributed by atoms with Gasteiger partial charge in [0.15, 0.2) is 5.52 Å². The second-order valence-corrected chi connectivity index (χ2v) is 5.22. The highest BCUT2D eigenvalue weighted by Crippen LogP contribution is 2.15. The quantitative estimate of drug-likeness (QED) is 0.887. The summed E-state index contributed by atoms with van der Waals surface area (Å²) in [4.78, 5) is 16.9. The van der Waals surface area contributed by atoms with E-state index in [0.717, 1.165) is 25.1 Å². The van der Waals surface area contributed by atoms with Gasteiger partial charge in [0.25, 0.3) is 5.56 Å². The van der Waals surface area contributed by atoms with E-state index < -0.39 is 0 Å². The van der Waals surface area contributed by atoms with Crippen molar-refractivity contribution in [1.29, 1.82) is 0 Å². The van der Waals surface area contributed by atoms with Crippen LogP contribution < -0.4 is 10.9 Å². The molecule has 2 aromatic heterocycles. The Bertz CT molecular complexity index is 697. The van der Waals surface area contributed by atoms with Crippen molar-refractivity contribution in [2.75, 3.05) is 18.5 Å². The molecule has 0 spiro atoms. The Kier molecular flexibility index (Phi) is 3.21. The van der Waals surface area contributed by atoms with Crippen LogP contribution in [0.1, 0.15) is 18.5 Å². The predicted octanol–water partition coefficient (Wildman–Crippen LogP) is 0.566. The van der Waals surface area contributed by atoms with Gasteiger partial charge in [-0.15, -0.1) is 0 Å². The van der Waals surface area contributed by atoms with Gasteiger partial charge in [-0.3, -0.25) is 14.0 Å². The second-order valence-electron chi connectivity index (χ2n) is 5.22. The lowest BCUT2D eigenvalue weighted by molar-refractivity contribution is 0.120. The summed E-state index contributed by atoms with van der Waals surface area (Å²) in [6.07, 6.45) is 2.35. The van der Waals surface area contributed by atoms with Crippen LogP contribution in [0.3, 0.4) is 0 Å². The van der Waals surface area contributed by atoms with Gasteiger partial charge in [-0.2, -0.15) is 5.10 Å². The maximum Gasteiger partial charge on any atom is 0.280 e. The standard InChI is InChI=1S/C13H19N5O2/c1-8-10-11(18(3)16-8)12(19)17(2)13(15-10)14-7-9-5-4-6-20-9/h9H,4-7H2,1-3H3,(H,14,15)/t9-/m1/s1. The smallest absolute Gasteiger partial charge is 0.280 e. The first kappa shape index (κ1) is 13.1. The van der Waals surface area contributed by atoms with Crippen LogP contribution >= 0.6 is 0 Å². The molecule has 1 saturated heterocycles. The molecule has 0 aliphatic carbocycles. The zero-order valence-corrected chi connectivity index (χ0v) is 12.0. The van der Waals surface area contributed by atoms with Crippen LogP contribution in [-0.4, -0.2) is 38.6 Å². The van der Waals surface area contributed by atoms with Crippen molar-refractivity contribution in [2.24, 2.45) is 14.1 Å². The van der Waals surface area contributed by atoms with Gasteiger partial charge >= 0.3 is 0 Å². The van der Waals surface area contributed by atoms with Crippen LogP contribution in [0.25, 0.3) is 11.0 Å². The fourth-order valence-corrected chi connectivity index (χ4v) is 2.63. The number of hydrogen-bond acceptors (Lipinski definition) is 5. The number of rotatable bonds is 3. The minimum atomic E-state index is -0.0899. The van der Waals surface area contributed by atoms with Crippen molar-refractivity contribution in [2.45, 2.75) is 25.9 Å². The number of aromatic nitrogens is 4. The Morgan fingerprint density at radius 3 is 2.95 bits per heavy atom. The van der Waals surface area contributed by atoms with Crippen LogP contribution in [0.2, 0.25) is 0 Å². The van der Waals surface area contributed by atoms with Gasteiger partial charge < -0.3 is 10.1 Å². The van der Waals surface area contributed by atoms with Gasteiger partial charge in [0.2, 0.25) is 5.95 Å². The van der Waals surface area contributed by atoms with E-state index in [1.54, 1.807) is 18.8 Å². The lowest BCUT2D eigenvalue weighted by atomic mass is 10.2. The van der Waals surface area contributed by atoms with Crippen molar-refractivity contribution < 1.29 is 4.74 Å². The average Bonchev–Trinajstić information content (AvgIpc) is 3.01. The Labute approximate surface area is 116 Å². The van der Waals surface area contributed by atoms with Gasteiger partial charge in [-0.05, 0) is 19.8 Å². The number of aryl methyl sites for hydroxylation is 2. The normalized spacial score (nSPS) is 18.9. The molecule has 0 radical (unpaired) electrons. The fraction of sp³-hybridized carbons (Fsp3) is 0.615. The molecule has 3 heterocycles. The highest BCUT2D eigenvalue weighted by atomic mass is 16.5. The van der Waals surface area contributed by atoms with Crippen molar-refractivity contribution in [3.8, 4) is 0 Å². The molecular formula is C13H19N5O2. The zero-order chi connectivity index (χ0) is 14.3. The summed E-state index contributed by atoms with van der Waals surface area (Å²) in [6.45, 7) is 3.35. The van der Waals surface area contributed by atoms with Crippen LogP contribution in [-0.2, 0) is 18.8 Å². The average molecular weight is 277 g/mol. The van der Waals surface area contributed by atoms with E-state index in [4.69, 9.17) is 4.74 Å². The van der Waals surface area contributed by atoms with Gasteiger partial charge in [0.05, 0.1) is 11.8 Å². The molecule has 7 nitrogen and oxygen atoms in total. The first-order valence-electron chi connectivity index (χ1n) is 6.83. The van der Waals surface area contributed by atoms with Crippen LogP contribution in [0.5, 0.6) is 0 Å². The summed E-state index contributed by atoms with van der Waals surface area (Å²) >= 11 is 0. The Balaban J connectivity index is 1.96. The highest BCUT2D eigenvalue weighted by molar-refractivity contribution is 5.77. The second kappa shape index (κ2) is 4.90. The molecule has 1 aliphatic rings. The summed E-state index contributed by atoms with van der Waals surface area (Å²) in [5, 5.41) is 7.47. The molecule has 0 bridgehead atoms. The molecule has 20 heavy (non-hydrogen) atoms. The molecule has 0 saturated carbocycles. The van der Waals surface area contributed by atoms with Crippen molar-refractivity contribution >= 4 is 17.0 Å². The molecule has 0 unspecified atom stereocenters. The third-order valence-corrected chi connectivity index (χ3v) is 3.75.